The first-order valence-electron chi connectivity index (χ1n) is 9.38. The first-order valence-corrected chi connectivity index (χ1v) is 9.76. The summed E-state index contributed by atoms with van der Waals surface area (Å²) in [4.78, 5) is 26.8. The number of halogens is 1. The predicted molar refractivity (Wildman–Crippen MR) is 111 cm³/mol. The summed E-state index contributed by atoms with van der Waals surface area (Å²) in [6, 6.07) is 13.4. The van der Waals surface area contributed by atoms with Gasteiger partial charge in [-0.3, -0.25) is 4.79 Å². The summed E-state index contributed by atoms with van der Waals surface area (Å²) in [5.41, 5.74) is 2.82. The third-order valence-corrected chi connectivity index (χ3v) is 5.30. The molecular weight excluding hydrogens is 390 g/mol. The van der Waals surface area contributed by atoms with Crippen LogP contribution in [-0.2, 0) is 0 Å². The number of likely N-dealkylation sites (tertiary alicyclic amines) is 1. The highest BCUT2D eigenvalue weighted by Gasteiger charge is 2.29. The number of H-pyrrole nitrogens is 1. The standard InChI is InChI=1S/C21H18ClN5O2/c22-13-5-6-17-18(11-13)29-21(26-17)25-14-7-10-27(12-14)20(28)16-4-2-1-3-15(16)19-23-8-9-24-19/h1-6,8-9,11,14H,7,10,12H2,(H,23,24)(H,25,26)/t14-/m1/s1. The lowest BCUT2D eigenvalue weighted by Crippen LogP contribution is -2.32. The molecule has 2 aromatic carbocycles. The molecule has 2 N–H and O–H groups in total. The number of hydrogen-bond donors (Lipinski definition) is 2. The number of nitrogens with one attached hydrogen (secondary N) is 2. The third-order valence-electron chi connectivity index (χ3n) is 5.06. The zero-order valence-electron chi connectivity index (χ0n) is 15.4. The number of oxazole rings is 1. The van der Waals surface area contributed by atoms with Crippen LogP contribution in [0.2, 0.25) is 5.02 Å². The lowest BCUT2D eigenvalue weighted by Gasteiger charge is -2.18. The van der Waals surface area contributed by atoms with Crippen molar-refractivity contribution in [2.75, 3.05) is 18.4 Å². The number of nitrogens with zero attached hydrogens (tertiary/aromatic N) is 3. The Hall–Kier alpha value is -3.32. The third kappa shape index (κ3) is 3.45. The molecule has 146 valence electrons. The minimum absolute atomic E-state index is 0.00866. The fourth-order valence-corrected chi connectivity index (χ4v) is 3.82. The van der Waals surface area contributed by atoms with Crippen LogP contribution in [0.4, 0.5) is 6.01 Å². The molecule has 0 bridgehead atoms. The van der Waals surface area contributed by atoms with Gasteiger partial charge in [-0.1, -0.05) is 29.8 Å². The van der Waals surface area contributed by atoms with Crippen LogP contribution in [0.3, 0.4) is 0 Å². The summed E-state index contributed by atoms with van der Waals surface area (Å²) in [6.45, 7) is 1.24. The van der Waals surface area contributed by atoms with Crippen LogP contribution < -0.4 is 5.32 Å². The summed E-state index contributed by atoms with van der Waals surface area (Å²) >= 11 is 6.00. The van der Waals surface area contributed by atoms with Crippen molar-refractivity contribution in [1.29, 1.82) is 0 Å². The van der Waals surface area contributed by atoms with Crippen LogP contribution in [0, 0.1) is 0 Å². The molecule has 1 atom stereocenters. The van der Waals surface area contributed by atoms with Crippen molar-refractivity contribution in [3.8, 4) is 11.4 Å². The number of fused-ring (bicyclic) bond motifs is 1. The molecule has 8 heteroatoms. The van der Waals surface area contributed by atoms with Gasteiger partial charge in [0.1, 0.15) is 11.3 Å². The Morgan fingerprint density at radius 1 is 1.28 bits per heavy atom. The Morgan fingerprint density at radius 2 is 2.17 bits per heavy atom. The van der Waals surface area contributed by atoms with Gasteiger partial charge >= 0.3 is 0 Å². The van der Waals surface area contributed by atoms with E-state index >= 15 is 0 Å². The van der Waals surface area contributed by atoms with Crippen molar-refractivity contribution in [1.82, 2.24) is 19.9 Å². The maximum atomic E-state index is 13.1. The van der Waals surface area contributed by atoms with Crippen LogP contribution in [0.5, 0.6) is 0 Å². The molecule has 2 aromatic heterocycles. The number of hydrogen-bond acceptors (Lipinski definition) is 5. The van der Waals surface area contributed by atoms with Gasteiger partial charge in [0.15, 0.2) is 5.58 Å². The monoisotopic (exact) mass is 407 g/mol. The van der Waals surface area contributed by atoms with E-state index in [9.17, 15) is 4.79 Å². The van der Waals surface area contributed by atoms with Gasteiger partial charge in [0.05, 0.1) is 5.56 Å². The highest BCUT2D eigenvalue weighted by Crippen LogP contribution is 2.26. The molecule has 29 heavy (non-hydrogen) atoms. The van der Waals surface area contributed by atoms with E-state index in [-0.39, 0.29) is 11.9 Å². The number of aromatic amines is 1. The Kier molecular flexibility index (Phi) is 4.44. The number of carbonyl (C=O) groups is 1. The average Bonchev–Trinajstić information content (AvgIpc) is 3.48. The Labute approximate surface area is 171 Å². The highest BCUT2D eigenvalue weighted by atomic mass is 35.5. The molecule has 3 heterocycles. The van der Waals surface area contributed by atoms with Crippen LogP contribution >= 0.6 is 11.6 Å². The van der Waals surface area contributed by atoms with Crippen LogP contribution in [0.15, 0.2) is 59.3 Å². The molecule has 0 spiro atoms. The van der Waals surface area contributed by atoms with Gasteiger partial charge in [-0.15, -0.1) is 0 Å². The number of carbonyl (C=O) groups excluding carboxylic acids is 1. The van der Waals surface area contributed by atoms with E-state index in [0.717, 1.165) is 17.5 Å². The summed E-state index contributed by atoms with van der Waals surface area (Å²) in [6.07, 6.45) is 4.24. The fraction of sp³-hybridized carbons (Fsp3) is 0.190. The highest BCUT2D eigenvalue weighted by molar-refractivity contribution is 6.31. The zero-order chi connectivity index (χ0) is 19.8. The second-order valence-electron chi connectivity index (χ2n) is 7.00. The SMILES string of the molecule is O=C(c1ccccc1-c1ncc[nH]1)N1CC[C@@H](Nc2nc3ccc(Cl)cc3o2)C1. The Bertz CT molecular complexity index is 1170. The molecule has 1 saturated heterocycles. The molecule has 1 fully saturated rings. The average molecular weight is 408 g/mol. The normalized spacial score (nSPS) is 16.4. The van der Waals surface area contributed by atoms with Crippen molar-refractivity contribution >= 4 is 34.6 Å². The maximum absolute atomic E-state index is 13.1. The molecule has 5 rings (SSSR count). The van der Waals surface area contributed by atoms with Crippen molar-refractivity contribution in [3.63, 3.8) is 0 Å². The fourth-order valence-electron chi connectivity index (χ4n) is 3.66. The first-order chi connectivity index (χ1) is 14.2. The van der Waals surface area contributed by atoms with Gasteiger partial charge in [-0.25, -0.2) is 4.98 Å². The van der Waals surface area contributed by atoms with Gasteiger partial charge in [-0.05, 0) is 24.6 Å². The molecule has 0 aliphatic carbocycles. The number of aromatic nitrogens is 3. The predicted octanol–water partition coefficient (Wildman–Crippen LogP) is 4.20. The van der Waals surface area contributed by atoms with Crippen molar-refractivity contribution in [2.24, 2.45) is 0 Å². The smallest absolute Gasteiger partial charge is 0.295 e. The van der Waals surface area contributed by atoms with Crippen LogP contribution in [-0.4, -0.2) is 44.9 Å². The molecule has 1 aliphatic rings. The molecule has 4 aromatic rings. The summed E-state index contributed by atoms with van der Waals surface area (Å²) in [7, 11) is 0. The van der Waals surface area contributed by atoms with E-state index in [1.54, 1.807) is 24.5 Å². The van der Waals surface area contributed by atoms with Crippen LogP contribution in [0.25, 0.3) is 22.5 Å². The minimum atomic E-state index is -0.00866. The number of imidazole rings is 1. The van der Waals surface area contributed by atoms with Gasteiger partial charge in [0.25, 0.3) is 11.9 Å². The van der Waals surface area contributed by atoms with E-state index in [1.807, 2.05) is 35.2 Å². The second kappa shape index (κ2) is 7.25. The molecule has 0 radical (unpaired) electrons. The first kappa shape index (κ1) is 17.8. The number of amides is 1. The molecule has 0 unspecified atom stereocenters. The van der Waals surface area contributed by atoms with Gasteiger partial charge in [-0.2, -0.15) is 4.98 Å². The molecular formula is C21H18ClN5O2. The van der Waals surface area contributed by atoms with E-state index in [4.69, 9.17) is 16.0 Å². The van der Waals surface area contributed by atoms with Gasteiger partial charge in [0, 0.05) is 48.2 Å². The lowest BCUT2D eigenvalue weighted by molar-refractivity contribution is 0.0792. The number of rotatable bonds is 4. The Morgan fingerprint density at radius 3 is 3.03 bits per heavy atom. The van der Waals surface area contributed by atoms with Crippen molar-refractivity contribution in [2.45, 2.75) is 12.5 Å². The maximum Gasteiger partial charge on any atom is 0.295 e. The van der Waals surface area contributed by atoms with Crippen molar-refractivity contribution in [3.05, 3.63) is 65.4 Å². The zero-order valence-corrected chi connectivity index (χ0v) is 16.2. The van der Waals surface area contributed by atoms with Crippen molar-refractivity contribution < 1.29 is 9.21 Å². The summed E-state index contributed by atoms with van der Waals surface area (Å²) < 4.78 is 5.74. The number of benzene rings is 2. The van der Waals surface area contributed by atoms with Crippen LogP contribution in [0.1, 0.15) is 16.8 Å². The second-order valence-corrected chi connectivity index (χ2v) is 7.43. The molecule has 1 amide bonds. The lowest BCUT2D eigenvalue weighted by atomic mass is 10.1. The van der Waals surface area contributed by atoms with E-state index in [1.165, 1.54) is 0 Å². The topological polar surface area (TPSA) is 87.0 Å². The molecule has 7 nitrogen and oxygen atoms in total. The minimum Gasteiger partial charge on any atom is -0.423 e. The summed E-state index contributed by atoms with van der Waals surface area (Å²) in [5.74, 6) is 0.679. The molecule has 1 aliphatic heterocycles. The van der Waals surface area contributed by atoms with E-state index < -0.39 is 0 Å². The number of anilines is 1. The van der Waals surface area contributed by atoms with Gasteiger partial charge < -0.3 is 19.6 Å². The quantitative estimate of drug-likeness (QED) is 0.529. The Balaban J connectivity index is 1.31. The van der Waals surface area contributed by atoms with E-state index in [2.05, 4.69) is 20.3 Å². The molecule has 0 saturated carbocycles. The van der Waals surface area contributed by atoms with E-state index in [0.29, 0.717) is 41.1 Å². The summed E-state index contributed by atoms with van der Waals surface area (Å²) in [5, 5.41) is 3.90. The largest absolute Gasteiger partial charge is 0.423 e. The van der Waals surface area contributed by atoms with Gasteiger partial charge in [0.2, 0.25) is 0 Å².